The minimum Gasteiger partial charge on any atom is -0.320 e. The van der Waals surface area contributed by atoms with Gasteiger partial charge in [-0.3, -0.25) is 19.7 Å². The standard InChI is InChI=1S/C24H15N5O4/c30-23-21(17-11-5-6-12-18(17)26-23)27-28-22(15-8-2-1-3-9-15)25-19(24(28)31)14-16-10-4-7-13-20(16)29(32)33/h1-14H,(H,26,27,30). The second-order valence-electron chi connectivity index (χ2n) is 7.21. The van der Waals surface area contributed by atoms with Crippen molar-refractivity contribution < 1.29 is 14.5 Å². The fourth-order valence-electron chi connectivity index (χ4n) is 3.60. The molecule has 0 radical (unpaired) electrons. The Morgan fingerprint density at radius 3 is 2.42 bits per heavy atom. The van der Waals surface area contributed by atoms with E-state index in [1.807, 2.05) is 6.07 Å². The molecule has 1 N–H and O–H groups in total. The van der Waals surface area contributed by atoms with Gasteiger partial charge in [-0.25, -0.2) is 4.99 Å². The average molecular weight is 437 g/mol. The molecular formula is C24H15N5O4. The van der Waals surface area contributed by atoms with Gasteiger partial charge >= 0.3 is 0 Å². The summed E-state index contributed by atoms with van der Waals surface area (Å²) in [6, 6.07) is 22.0. The first-order valence-corrected chi connectivity index (χ1v) is 9.96. The maximum atomic E-state index is 13.3. The molecule has 9 nitrogen and oxygen atoms in total. The SMILES string of the molecule is O=C1Nc2ccccc2/C1=N/N1C(=O)C(=Cc2ccccc2[N+](=O)[O-])N=C1c1ccccc1. The normalized spacial score (nSPS) is 17.3. The first kappa shape index (κ1) is 20.0. The lowest BCUT2D eigenvalue weighted by Gasteiger charge is -2.13. The summed E-state index contributed by atoms with van der Waals surface area (Å²) in [7, 11) is 0. The Balaban J connectivity index is 1.63. The van der Waals surface area contributed by atoms with E-state index in [1.165, 1.54) is 18.2 Å². The summed E-state index contributed by atoms with van der Waals surface area (Å²) in [5.74, 6) is -0.820. The molecule has 5 rings (SSSR count). The number of carbonyl (C=O) groups is 2. The molecule has 160 valence electrons. The highest BCUT2D eigenvalue weighted by molar-refractivity contribution is 6.54. The van der Waals surface area contributed by atoms with Crippen LogP contribution in [0.15, 0.2) is 94.7 Å². The van der Waals surface area contributed by atoms with E-state index in [9.17, 15) is 19.7 Å². The van der Waals surface area contributed by atoms with Crippen molar-refractivity contribution in [3.63, 3.8) is 0 Å². The number of aliphatic imine (C=N–C) groups is 1. The number of amidine groups is 1. The van der Waals surface area contributed by atoms with E-state index < -0.39 is 16.7 Å². The minimum absolute atomic E-state index is 0.0285. The van der Waals surface area contributed by atoms with Gasteiger partial charge in [-0.15, -0.1) is 0 Å². The van der Waals surface area contributed by atoms with Crippen LogP contribution in [0.25, 0.3) is 6.08 Å². The van der Waals surface area contributed by atoms with Crippen molar-refractivity contribution in [2.24, 2.45) is 10.1 Å². The zero-order valence-electron chi connectivity index (χ0n) is 17.0. The van der Waals surface area contributed by atoms with E-state index in [4.69, 9.17) is 0 Å². The maximum absolute atomic E-state index is 13.3. The molecule has 0 aliphatic carbocycles. The maximum Gasteiger partial charge on any atom is 0.298 e. The molecule has 0 saturated carbocycles. The molecule has 0 aromatic heterocycles. The number of rotatable bonds is 4. The number of fused-ring (bicyclic) bond motifs is 1. The molecule has 9 heteroatoms. The quantitative estimate of drug-likeness (QED) is 0.381. The number of hydrogen-bond acceptors (Lipinski definition) is 6. The van der Waals surface area contributed by atoms with Crippen LogP contribution in [0.2, 0.25) is 0 Å². The number of para-hydroxylation sites is 2. The highest BCUT2D eigenvalue weighted by atomic mass is 16.6. The van der Waals surface area contributed by atoms with E-state index >= 15 is 0 Å². The number of nitrogens with zero attached hydrogens (tertiary/aromatic N) is 4. The van der Waals surface area contributed by atoms with Gasteiger partial charge in [-0.2, -0.15) is 10.1 Å². The molecule has 3 aromatic rings. The van der Waals surface area contributed by atoms with Crippen molar-refractivity contribution in [3.8, 4) is 0 Å². The fourth-order valence-corrected chi connectivity index (χ4v) is 3.60. The Morgan fingerprint density at radius 1 is 0.939 bits per heavy atom. The molecule has 2 amide bonds. The van der Waals surface area contributed by atoms with E-state index in [-0.39, 0.29) is 28.5 Å². The van der Waals surface area contributed by atoms with Crippen molar-refractivity contribution in [2.75, 3.05) is 5.32 Å². The molecule has 0 saturated heterocycles. The summed E-state index contributed by atoms with van der Waals surface area (Å²) in [5.41, 5.74) is 1.91. The van der Waals surface area contributed by atoms with Crippen molar-refractivity contribution >= 4 is 40.8 Å². The van der Waals surface area contributed by atoms with Crippen molar-refractivity contribution in [1.29, 1.82) is 0 Å². The molecule has 3 aromatic carbocycles. The zero-order valence-corrected chi connectivity index (χ0v) is 17.0. The molecule has 0 atom stereocenters. The van der Waals surface area contributed by atoms with Gasteiger partial charge in [-0.1, -0.05) is 60.7 Å². The molecule has 2 heterocycles. The molecule has 0 bridgehead atoms. The second kappa shape index (κ2) is 7.97. The number of amides is 2. The molecular weight excluding hydrogens is 422 g/mol. The zero-order chi connectivity index (χ0) is 22.9. The van der Waals surface area contributed by atoms with Gasteiger partial charge in [0.05, 0.1) is 16.2 Å². The van der Waals surface area contributed by atoms with Crippen LogP contribution < -0.4 is 5.32 Å². The smallest absolute Gasteiger partial charge is 0.298 e. The fraction of sp³-hybridized carbons (Fsp3) is 0. The molecule has 33 heavy (non-hydrogen) atoms. The van der Waals surface area contributed by atoms with Gasteiger partial charge in [0.2, 0.25) is 0 Å². The summed E-state index contributed by atoms with van der Waals surface area (Å²) in [6.45, 7) is 0. The topological polar surface area (TPSA) is 117 Å². The monoisotopic (exact) mass is 437 g/mol. The van der Waals surface area contributed by atoms with Crippen LogP contribution in [0, 0.1) is 10.1 Å². The van der Waals surface area contributed by atoms with Crippen LogP contribution in [0.1, 0.15) is 16.7 Å². The van der Waals surface area contributed by atoms with E-state index in [2.05, 4.69) is 15.4 Å². The molecule has 0 unspecified atom stereocenters. The highest BCUT2D eigenvalue weighted by Crippen LogP contribution is 2.28. The van der Waals surface area contributed by atoms with Crippen LogP contribution in [0.3, 0.4) is 0 Å². The third-order valence-electron chi connectivity index (χ3n) is 5.14. The Bertz CT molecular complexity index is 1410. The largest absolute Gasteiger partial charge is 0.320 e. The third-order valence-corrected chi connectivity index (χ3v) is 5.14. The minimum atomic E-state index is -0.600. The van der Waals surface area contributed by atoms with Crippen LogP contribution >= 0.6 is 0 Å². The van der Waals surface area contributed by atoms with Gasteiger partial charge in [0.1, 0.15) is 5.70 Å². The summed E-state index contributed by atoms with van der Waals surface area (Å²) < 4.78 is 0. The molecule has 0 spiro atoms. The van der Waals surface area contributed by atoms with Gasteiger partial charge in [0.15, 0.2) is 11.5 Å². The van der Waals surface area contributed by atoms with Crippen LogP contribution in [0.4, 0.5) is 11.4 Å². The summed E-state index contributed by atoms with van der Waals surface area (Å²) in [6.07, 6.45) is 1.35. The lowest BCUT2D eigenvalue weighted by atomic mass is 10.1. The number of hydrogen-bond donors (Lipinski definition) is 1. The Labute approximate surface area is 187 Å². The van der Waals surface area contributed by atoms with Gasteiger partial charge in [0.25, 0.3) is 17.5 Å². The average Bonchev–Trinajstić information content (AvgIpc) is 3.31. The Morgan fingerprint density at radius 2 is 1.64 bits per heavy atom. The van der Waals surface area contributed by atoms with Gasteiger partial charge in [-0.05, 0) is 18.2 Å². The lowest BCUT2D eigenvalue weighted by Crippen LogP contribution is -2.30. The number of nitrogens with one attached hydrogen (secondary N) is 1. The number of benzene rings is 3. The number of nitro benzene ring substituents is 1. The first-order chi connectivity index (χ1) is 16.0. The number of hydrazone groups is 1. The summed E-state index contributed by atoms with van der Waals surface area (Å²) in [4.78, 5) is 41.2. The number of nitro groups is 1. The molecule has 2 aliphatic heterocycles. The van der Waals surface area contributed by atoms with Gasteiger partial charge in [0, 0.05) is 17.2 Å². The lowest BCUT2D eigenvalue weighted by molar-refractivity contribution is -0.385. The highest BCUT2D eigenvalue weighted by Gasteiger charge is 2.35. The van der Waals surface area contributed by atoms with Crippen molar-refractivity contribution in [3.05, 3.63) is 111 Å². The first-order valence-electron chi connectivity index (χ1n) is 9.96. The molecule has 2 aliphatic rings. The predicted molar refractivity (Wildman–Crippen MR) is 123 cm³/mol. The second-order valence-corrected chi connectivity index (χ2v) is 7.21. The van der Waals surface area contributed by atoms with Gasteiger partial charge < -0.3 is 5.32 Å². The van der Waals surface area contributed by atoms with Crippen molar-refractivity contribution in [2.45, 2.75) is 0 Å². The van der Waals surface area contributed by atoms with Crippen LogP contribution in [-0.2, 0) is 9.59 Å². The van der Waals surface area contributed by atoms with Crippen LogP contribution in [0.5, 0.6) is 0 Å². The van der Waals surface area contributed by atoms with E-state index in [1.54, 1.807) is 60.7 Å². The third kappa shape index (κ3) is 3.57. The van der Waals surface area contributed by atoms with Crippen molar-refractivity contribution in [1.82, 2.24) is 5.01 Å². The van der Waals surface area contributed by atoms with E-state index in [0.717, 1.165) is 5.01 Å². The summed E-state index contributed by atoms with van der Waals surface area (Å²) in [5, 5.41) is 19.5. The Hall–Kier alpha value is -4.92. The number of anilines is 1. The Kier molecular flexibility index (Phi) is 4.83. The molecule has 0 fully saturated rings. The predicted octanol–water partition coefficient (Wildman–Crippen LogP) is 3.58. The van der Waals surface area contributed by atoms with E-state index in [0.29, 0.717) is 16.8 Å². The number of carbonyl (C=O) groups excluding carboxylic acids is 2. The summed E-state index contributed by atoms with van der Waals surface area (Å²) >= 11 is 0. The van der Waals surface area contributed by atoms with Crippen LogP contribution in [-0.4, -0.2) is 33.3 Å².